The van der Waals surface area contributed by atoms with Crippen LogP contribution in [0.5, 0.6) is 17.4 Å². The zero-order chi connectivity index (χ0) is 22.3. The number of ether oxygens (including phenoxy) is 2. The van der Waals surface area contributed by atoms with Crippen LogP contribution in [0.2, 0.25) is 0 Å². The molecule has 160 valence electrons. The maximum absolute atomic E-state index is 14.0. The fourth-order valence-electron chi connectivity index (χ4n) is 3.24. The fraction of sp³-hybridized carbons (Fsp3) is 0.240. The van der Waals surface area contributed by atoms with Gasteiger partial charge >= 0.3 is 6.61 Å². The lowest BCUT2D eigenvalue weighted by Crippen LogP contribution is -2.20. The van der Waals surface area contributed by atoms with Gasteiger partial charge in [-0.05, 0) is 62.1 Å². The summed E-state index contributed by atoms with van der Waals surface area (Å²) in [6.07, 6.45) is 7.53. The highest BCUT2D eigenvalue weighted by Crippen LogP contribution is 2.31. The van der Waals surface area contributed by atoms with Gasteiger partial charge in [-0.15, -0.1) is 6.42 Å². The van der Waals surface area contributed by atoms with Crippen LogP contribution in [-0.4, -0.2) is 11.6 Å². The maximum Gasteiger partial charge on any atom is 0.387 e. The van der Waals surface area contributed by atoms with E-state index in [2.05, 4.69) is 15.6 Å². The third kappa shape index (κ3) is 6.26. The number of pyridine rings is 1. The van der Waals surface area contributed by atoms with Crippen LogP contribution in [0.3, 0.4) is 0 Å². The minimum absolute atomic E-state index is 0.0769. The highest BCUT2D eigenvalue weighted by Gasteiger charge is 2.24. The number of hydrogen-bond acceptors (Lipinski definition) is 3. The number of terminal acetylenes is 1. The minimum Gasteiger partial charge on any atom is -0.439 e. The zero-order valence-corrected chi connectivity index (χ0v) is 17.0. The van der Waals surface area contributed by atoms with Crippen LogP contribution in [0.4, 0.5) is 13.2 Å². The van der Waals surface area contributed by atoms with Crippen LogP contribution in [-0.2, 0) is 11.8 Å². The van der Waals surface area contributed by atoms with Crippen LogP contribution in [0.25, 0.3) is 0 Å². The molecule has 0 radical (unpaired) electrons. The van der Waals surface area contributed by atoms with Crippen molar-refractivity contribution in [3.63, 3.8) is 0 Å². The van der Waals surface area contributed by atoms with E-state index in [9.17, 15) is 13.2 Å². The first-order chi connectivity index (χ1) is 14.9. The number of para-hydroxylation sites is 1. The molecule has 3 nitrogen and oxygen atoms in total. The smallest absolute Gasteiger partial charge is 0.387 e. The standard InChI is InChI=1S/C25H22F3NO2/c1-3-25(2,18-11-13-22(14-12-18)31-24(27)28)15-7-8-20-16-19(26)17-23(29-20)30-21-9-5-4-6-10-21/h1,4-6,9-14,16-17,24H,7-8,15H2,2H3. The Kier molecular flexibility index (Phi) is 7.19. The molecule has 0 amide bonds. The molecule has 31 heavy (non-hydrogen) atoms. The van der Waals surface area contributed by atoms with E-state index in [4.69, 9.17) is 11.2 Å². The van der Waals surface area contributed by atoms with Crippen molar-refractivity contribution in [3.8, 4) is 29.7 Å². The Hall–Kier alpha value is -3.46. The van der Waals surface area contributed by atoms with Gasteiger partial charge in [0.15, 0.2) is 0 Å². The zero-order valence-electron chi connectivity index (χ0n) is 17.0. The summed E-state index contributed by atoms with van der Waals surface area (Å²) in [5.41, 5.74) is 0.767. The van der Waals surface area contributed by atoms with Crippen molar-refractivity contribution in [1.82, 2.24) is 4.98 Å². The van der Waals surface area contributed by atoms with Gasteiger partial charge in [0, 0.05) is 11.8 Å². The van der Waals surface area contributed by atoms with Crippen LogP contribution < -0.4 is 9.47 Å². The van der Waals surface area contributed by atoms with E-state index in [1.54, 1.807) is 24.3 Å². The molecule has 0 N–H and O–H groups in total. The van der Waals surface area contributed by atoms with E-state index in [1.165, 1.54) is 24.3 Å². The topological polar surface area (TPSA) is 31.4 Å². The number of benzene rings is 2. The SMILES string of the molecule is C#CC(C)(CCCc1cc(F)cc(Oc2ccccc2)n1)c1ccc(OC(F)F)cc1. The molecule has 6 heteroatoms. The minimum atomic E-state index is -2.88. The van der Waals surface area contributed by atoms with Crippen LogP contribution in [0, 0.1) is 18.2 Å². The molecule has 1 heterocycles. The van der Waals surface area contributed by atoms with Gasteiger partial charge in [0.1, 0.15) is 17.3 Å². The summed E-state index contributed by atoms with van der Waals surface area (Å²) in [4.78, 5) is 4.38. The quantitative estimate of drug-likeness (QED) is 0.365. The van der Waals surface area contributed by atoms with Crippen molar-refractivity contribution in [2.24, 2.45) is 0 Å². The van der Waals surface area contributed by atoms with Gasteiger partial charge in [-0.25, -0.2) is 9.37 Å². The van der Waals surface area contributed by atoms with Gasteiger partial charge in [0.2, 0.25) is 5.88 Å². The molecule has 0 bridgehead atoms. The van der Waals surface area contributed by atoms with E-state index >= 15 is 0 Å². The van der Waals surface area contributed by atoms with Crippen molar-refractivity contribution < 1.29 is 22.6 Å². The highest BCUT2D eigenvalue weighted by molar-refractivity contribution is 5.37. The number of rotatable bonds is 9. The molecule has 0 saturated heterocycles. The predicted molar refractivity (Wildman–Crippen MR) is 113 cm³/mol. The fourth-order valence-corrected chi connectivity index (χ4v) is 3.24. The number of aromatic nitrogens is 1. The molecule has 3 rings (SSSR count). The van der Waals surface area contributed by atoms with Crippen LogP contribution >= 0.6 is 0 Å². The first-order valence-electron chi connectivity index (χ1n) is 9.80. The average Bonchev–Trinajstić information content (AvgIpc) is 2.74. The van der Waals surface area contributed by atoms with E-state index in [0.29, 0.717) is 30.7 Å². The number of aryl methyl sites for hydroxylation is 1. The van der Waals surface area contributed by atoms with Gasteiger partial charge in [0.25, 0.3) is 0 Å². The van der Waals surface area contributed by atoms with Gasteiger partial charge in [-0.2, -0.15) is 8.78 Å². The molecule has 0 saturated carbocycles. The Bertz CT molecular complexity index is 1030. The molecule has 0 aliphatic heterocycles. The van der Waals surface area contributed by atoms with Crippen molar-refractivity contribution in [2.45, 2.75) is 38.2 Å². The largest absolute Gasteiger partial charge is 0.439 e. The molecule has 1 aromatic heterocycles. The Morgan fingerprint density at radius 1 is 1.03 bits per heavy atom. The Morgan fingerprint density at radius 3 is 2.39 bits per heavy atom. The van der Waals surface area contributed by atoms with E-state index in [0.717, 1.165) is 5.56 Å². The third-order valence-electron chi connectivity index (χ3n) is 4.93. The lowest BCUT2D eigenvalue weighted by atomic mass is 9.79. The summed E-state index contributed by atoms with van der Waals surface area (Å²) in [7, 11) is 0. The Labute approximate surface area is 179 Å². The number of hydrogen-bond donors (Lipinski definition) is 0. The second-order valence-corrected chi connectivity index (χ2v) is 7.26. The van der Waals surface area contributed by atoms with Gasteiger partial charge in [-0.1, -0.05) is 36.3 Å². The number of nitrogens with zero attached hydrogens (tertiary/aromatic N) is 1. The second-order valence-electron chi connectivity index (χ2n) is 7.26. The Morgan fingerprint density at radius 2 is 1.74 bits per heavy atom. The highest BCUT2D eigenvalue weighted by atomic mass is 19.3. The monoisotopic (exact) mass is 425 g/mol. The van der Waals surface area contributed by atoms with Gasteiger partial charge in [-0.3, -0.25) is 0 Å². The Balaban J connectivity index is 1.64. The summed E-state index contributed by atoms with van der Waals surface area (Å²) < 4.78 is 48.7. The van der Waals surface area contributed by atoms with E-state index < -0.39 is 17.8 Å². The predicted octanol–water partition coefficient (Wildman–Crippen LogP) is 6.53. The van der Waals surface area contributed by atoms with E-state index in [1.807, 2.05) is 25.1 Å². The molecular weight excluding hydrogens is 403 g/mol. The molecule has 0 fully saturated rings. The second kappa shape index (κ2) is 10.0. The molecule has 1 unspecified atom stereocenters. The molecular formula is C25H22F3NO2. The number of alkyl halides is 2. The molecule has 0 aliphatic rings. The van der Waals surface area contributed by atoms with Crippen molar-refractivity contribution in [1.29, 1.82) is 0 Å². The summed E-state index contributed by atoms with van der Waals surface area (Å²) in [6, 6.07) is 18.0. The lowest BCUT2D eigenvalue weighted by molar-refractivity contribution is -0.0498. The van der Waals surface area contributed by atoms with Gasteiger partial charge in [0.05, 0.1) is 5.41 Å². The molecule has 0 spiro atoms. The van der Waals surface area contributed by atoms with Gasteiger partial charge < -0.3 is 9.47 Å². The first-order valence-corrected chi connectivity index (χ1v) is 9.80. The number of halogens is 3. The van der Waals surface area contributed by atoms with Crippen molar-refractivity contribution >= 4 is 0 Å². The molecule has 3 aromatic rings. The summed E-state index contributed by atoms with van der Waals surface area (Å²) in [5, 5.41) is 0. The first kappa shape index (κ1) is 22.2. The van der Waals surface area contributed by atoms with Crippen molar-refractivity contribution in [3.05, 3.63) is 83.8 Å². The third-order valence-corrected chi connectivity index (χ3v) is 4.93. The summed E-state index contributed by atoms with van der Waals surface area (Å²) >= 11 is 0. The molecule has 0 aliphatic carbocycles. The lowest BCUT2D eigenvalue weighted by Gasteiger charge is -2.24. The molecule has 1 atom stereocenters. The van der Waals surface area contributed by atoms with Crippen LogP contribution in [0.1, 0.15) is 31.0 Å². The summed E-state index contributed by atoms with van der Waals surface area (Å²) in [5.74, 6) is 3.20. The average molecular weight is 425 g/mol. The van der Waals surface area contributed by atoms with E-state index in [-0.39, 0.29) is 11.6 Å². The molecule has 2 aromatic carbocycles. The van der Waals surface area contributed by atoms with Crippen molar-refractivity contribution in [2.75, 3.05) is 0 Å². The maximum atomic E-state index is 14.0. The summed E-state index contributed by atoms with van der Waals surface area (Å²) in [6.45, 7) is -0.974. The van der Waals surface area contributed by atoms with Crippen LogP contribution in [0.15, 0.2) is 66.7 Å². The normalized spacial score (nSPS) is 12.8.